The van der Waals surface area contributed by atoms with Gasteiger partial charge < -0.3 is 46.6 Å². The molecule has 3 aliphatic rings. The fourth-order valence-corrected chi connectivity index (χ4v) is 6.40. The Morgan fingerprint density at radius 3 is 2.21 bits per heavy atom. The topological polar surface area (TPSA) is 206 Å². The van der Waals surface area contributed by atoms with Crippen molar-refractivity contribution in [2.45, 2.75) is 24.5 Å². The molecule has 2 aromatic carbocycles. The molecule has 0 saturated carbocycles. The number of benzene rings is 2. The molecule has 0 radical (unpaired) electrons. The number of fused-ring (bicyclic) bond motifs is 3. The van der Waals surface area contributed by atoms with Gasteiger partial charge in [0.1, 0.15) is 22.8 Å². The molecule has 0 heterocycles. The molecule has 3 amide bonds. The van der Waals surface area contributed by atoms with Crippen LogP contribution in [-0.4, -0.2) is 83.8 Å². The number of nitrogens with one attached hydrogen (secondary N) is 2. The van der Waals surface area contributed by atoms with Gasteiger partial charge in [-0.15, -0.1) is 0 Å². The first-order valence-corrected chi connectivity index (χ1v) is 13.5. The summed E-state index contributed by atoms with van der Waals surface area (Å²) in [6.07, 6.45) is -0.0264. The zero-order chi connectivity index (χ0) is 31.5. The van der Waals surface area contributed by atoms with E-state index in [0.29, 0.717) is 16.9 Å². The highest BCUT2D eigenvalue weighted by molar-refractivity contribution is 6.25. The minimum absolute atomic E-state index is 0.0721. The maximum absolute atomic E-state index is 13.7. The molecule has 1 unspecified atom stereocenters. The fraction of sp³-hybridized carbons (Fsp3) is 0.333. The van der Waals surface area contributed by atoms with E-state index in [1.807, 2.05) is 19.0 Å². The second-order valence-electron chi connectivity index (χ2n) is 11.4. The number of aliphatic hydroxyl groups is 3. The zero-order valence-corrected chi connectivity index (χ0v) is 24.0. The van der Waals surface area contributed by atoms with Gasteiger partial charge in [-0.1, -0.05) is 0 Å². The number of aromatic hydroxyl groups is 1. The third-order valence-corrected chi connectivity index (χ3v) is 8.47. The Hall–Kier alpha value is -5.04. The van der Waals surface area contributed by atoms with E-state index in [-0.39, 0.29) is 29.7 Å². The molecule has 13 heteroatoms. The molecule has 3 aliphatic carbocycles. The standard InChI is InChI=1S/C30H33N5O8/c1-34(2)15-7-5-14(6-8-15)32-29(42)33-23-17-12-13-11-16-18(35(3)4)9-10-19(36)21(16)24(37)20(13)26(39)30(17,43)27(40)22(25(23)38)28(31)41/h5-10,13,17,23,36,38-39,43H,11-12H2,1-4H3,(H2,31,41)(H2,32,33,42)/t13-,17-,23?,30-/m0/s1. The maximum atomic E-state index is 13.7. The molecule has 0 spiro atoms. The minimum Gasteiger partial charge on any atom is -0.509 e. The van der Waals surface area contributed by atoms with E-state index in [1.54, 1.807) is 49.3 Å². The van der Waals surface area contributed by atoms with Gasteiger partial charge >= 0.3 is 6.03 Å². The van der Waals surface area contributed by atoms with Gasteiger partial charge in [-0.2, -0.15) is 0 Å². The first-order valence-electron chi connectivity index (χ1n) is 13.5. The first kappa shape index (κ1) is 29.5. The average molecular weight is 592 g/mol. The number of urea groups is 1. The van der Waals surface area contributed by atoms with Crippen LogP contribution in [0.25, 0.3) is 0 Å². The van der Waals surface area contributed by atoms with Gasteiger partial charge in [-0.25, -0.2) is 4.79 Å². The molecule has 2 aromatic rings. The third kappa shape index (κ3) is 4.52. The number of anilines is 3. The Labute approximate surface area is 246 Å². The number of phenols is 1. The van der Waals surface area contributed by atoms with E-state index in [4.69, 9.17) is 5.73 Å². The summed E-state index contributed by atoms with van der Waals surface area (Å²) in [6.45, 7) is 0. The highest BCUT2D eigenvalue weighted by atomic mass is 16.3. The van der Waals surface area contributed by atoms with Crippen molar-refractivity contribution in [1.29, 1.82) is 0 Å². The van der Waals surface area contributed by atoms with Crippen molar-refractivity contribution in [2.24, 2.45) is 17.6 Å². The highest BCUT2D eigenvalue weighted by Crippen LogP contribution is 2.52. The SMILES string of the molecule is CN(C)c1ccc(NC(=O)NC2C(O)=C(C(N)=O)C(=O)[C@@]3(O)C(O)=C4C(=O)c5c(O)ccc(N(C)C)c5C[C@H]4C[C@@H]23)cc1. The number of phenolic OH excluding ortho intramolecular Hbond substituents is 1. The molecule has 0 saturated heterocycles. The van der Waals surface area contributed by atoms with Crippen molar-refractivity contribution in [3.05, 3.63) is 70.2 Å². The maximum Gasteiger partial charge on any atom is 0.319 e. The van der Waals surface area contributed by atoms with Crippen molar-refractivity contribution in [1.82, 2.24) is 5.32 Å². The molecule has 8 N–H and O–H groups in total. The number of carbonyl (C=O) groups is 4. The number of Topliss-reactive ketones (excluding diaryl/α,β-unsaturated/α-hetero) is 2. The van der Waals surface area contributed by atoms with Crippen molar-refractivity contribution < 1.29 is 39.6 Å². The fourth-order valence-electron chi connectivity index (χ4n) is 6.40. The Morgan fingerprint density at radius 1 is 0.977 bits per heavy atom. The quantitative estimate of drug-likeness (QED) is 0.250. The predicted octanol–water partition coefficient (Wildman–Crippen LogP) is 1.51. The van der Waals surface area contributed by atoms with Gasteiger partial charge in [0.2, 0.25) is 5.78 Å². The van der Waals surface area contributed by atoms with E-state index in [9.17, 15) is 39.6 Å². The van der Waals surface area contributed by atoms with Crippen LogP contribution in [-0.2, 0) is 16.0 Å². The summed E-state index contributed by atoms with van der Waals surface area (Å²) in [6, 6.07) is 7.41. The molecule has 5 rings (SSSR count). The van der Waals surface area contributed by atoms with E-state index in [0.717, 1.165) is 5.69 Å². The Morgan fingerprint density at radius 2 is 1.63 bits per heavy atom. The van der Waals surface area contributed by atoms with Crippen LogP contribution in [0.3, 0.4) is 0 Å². The number of aliphatic hydroxyl groups excluding tert-OH is 2. The second-order valence-corrected chi connectivity index (χ2v) is 11.4. The van der Waals surface area contributed by atoms with Crippen LogP contribution >= 0.6 is 0 Å². The summed E-state index contributed by atoms with van der Waals surface area (Å²) in [5, 5.41) is 50.0. The summed E-state index contributed by atoms with van der Waals surface area (Å²) in [5.74, 6) is -7.95. The van der Waals surface area contributed by atoms with E-state index in [2.05, 4.69) is 10.6 Å². The van der Waals surface area contributed by atoms with E-state index >= 15 is 0 Å². The summed E-state index contributed by atoms with van der Waals surface area (Å²) >= 11 is 0. The van der Waals surface area contributed by atoms with Crippen LogP contribution in [0, 0.1) is 11.8 Å². The normalized spacial score (nSPS) is 24.5. The number of carbonyl (C=O) groups excluding carboxylic acids is 4. The van der Waals surface area contributed by atoms with Gasteiger partial charge in [-0.3, -0.25) is 14.4 Å². The van der Waals surface area contributed by atoms with Gasteiger partial charge in [0.25, 0.3) is 5.91 Å². The monoisotopic (exact) mass is 591 g/mol. The van der Waals surface area contributed by atoms with Crippen LogP contribution in [0.15, 0.2) is 59.1 Å². The summed E-state index contributed by atoms with van der Waals surface area (Å²) in [7, 11) is 7.24. The minimum atomic E-state index is -2.88. The Balaban J connectivity index is 1.57. The molecular weight excluding hydrogens is 558 g/mol. The van der Waals surface area contributed by atoms with Crippen molar-refractivity contribution >= 4 is 40.6 Å². The number of allylic oxidation sites excluding steroid dienone is 1. The number of nitrogens with two attached hydrogens (primary N) is 1. The van der Waals surface area contributed by atoms with Crippen LogP contribution in [0.5, 0.6) is 5.75 Å². The molecular formula is C30H33N5O8. The lowest BCUT2D eigenvalue weighted by molar-refractivity contribution is -0.146. The number of rotatable bonds is 5. The predicted molar refractivity (Wildman–Crippen MR) is 157 cm³/mol. The average Bonchev–Trinajstić information content (AvgIpc) is 2.92. The third-order valence-electron chi connectivity index (χ3n) is 8.47. The highest BCUT2D eigenvalue weighted by Gasteiger charge is 2.63. The van der Waals surface area contributed by atoms with E-state index < -0.39 is 64.1 Å². The smallest absolute Gasteiger partial charge is 0.319 e. The number of primary amides is 1. The lowest BCUT2D eigenvalue weighted by Crippen LogP contribution is -2.64. The molecule has 0 aliphatic heterocycles. The molecule has 4 atom stereocenters. The van der Waals surface area contributed by atoms with Gasteiger partial charge in [-0.05, 0) is 60.7 Å². The van der Waals surface area contributed by atoms with Crippen molar-refractivity contribution in [2.75, 3.05) is 43.3 Å². The lowest BCUT2D eigenvalue weighted by atomic mass is 9.58. The van der Waals surface area contributed by atoms with E-state index in [1.165, 1.54) is 6.07 Å². The Bertz CT molecular complexity index is 1630. The van der Waals surface area contributed by atoms with Crippen LogP contribution in [0.2, 0.25) is 0 Å². The van der Waals surface area contributed by atoms with Crippen LogP contribution in [0.4, 0.5) is 21.9 Å². The molecule has 0 bridgehead atoms. The van der Waals surface area contributed by atoms with Gasteiger partial charge in [0.15, 0.2) is 11.4 Å². The number of nitrogens with zero attached hydrogens (tertiary/aromatic N) is 2. The van der Waals surface area contributed by atoms with Crippen LogP contribution in [0.1, 0.15) is 22.3 Å². The lowest BCUT2D eigenvalue weighted by Gasteiger charge is -2.48. The molecule has 43 heavy (non-hydrogen) atoms. The molecule has 0 aromatic heterocycles. The second kappa shape index (κ2) is 10.3. The number of amides is 3. The zero-order valence-electron chi connectivity index (χ0n) is 24.0. The van der Waals surface area contributed by atoms with Crippen molar-refractivity contribution in [3.8, 4) is 5.75 Å². The number of hydrogen-bond acceptors (Lipinski definition) is 10. The number of hydrogen-bond donors (Lipinski definition) is 7. The largest absolute Gasteiger partial charge is 0.509 e. The molecule has 226 valence electrons. The molecule has 0 fully saturated rings. The van der Waals surface area contributed by atoms with Gasteiger partial charge in [0.05, 0.1) is 11.6 Å². The van der Waals surface area contributed by atoms with Gasteiger partial charge in [0, 0.05) is 56.7 Å². The Kier molecular flexibility index (Phi) is 7.09. The first-order chi connectivity index (χ1) is 20.2. The van der Waals surface area contributed by atoms with Crippen LogP contribution < -0.4 is 26.2 Å². The summed E-state index contributed by atoms with van der Waals surface area (Å²) < 4.78 is 0. The molecule has 13 nitrogen and oxygen atoms in total. The van der Waals surface area contributed by atoms with Crippen molar-refractivity contribution in [3.63, 3.8) is 0 Å². The summed E-state index contributed by atoms with van der Waals surface area (Å²) in [5.41, 5.74) is 3.56. The summed E-state index contributed by atoms with van der Waals surface area (Å²) in [4.78, 5) is 56.3. The number of ketones is 2.